The molecule has 0 saturated carbocycles. The van der Waals surface area contributed by atoms with E-state index < -0.39 is 12.0 Å². The topological polar surface area (TPSA) is 97.0 Å². The molecule has 1 heterocycles. The normalized spacial score (nSPS) is 16.0. The van der Waals surface area contributed by atoms with Gasteiger partial charge < -0.3 is 25.0 Å². The molecule has 0 radical (unpaired) electrons. The molecule has 0 bridgehead atoms. The van der Waals surface area contributed by atoms with Crippen LogP contribution in [0.2, 0.25) is 0 Å². The molecule has 0 fully saturated rings. The highest BCUT2D eigenvalue weighted by molar-refractivity contribution is 6.04. The summed E-state index contributed by atoms with van der Waals surface area (Å²) in [6.07, 6.45) is 0. The Morgan fingerprint density at radius 3 is 2.39 bits per heavy atom. The van der Waals surface area contributed by atoms with Gasteiger partial charge in [0.25, 0.3) is 5.91 Å². The molecule has 0 aliphatic carbocycles. The molecular formula is C23H25N3O5. The molecule has 31 heavy (non-hydrogen) atoms. The highest BCUT2D eigenvalue weighted by atomic mass is 16.6. The number of rotatable bonds is 7. The van der Waals surface area contributed by atoms with Crippen LogP contribution in [0.4, 0.5) is 10.5 Å². The predicted molar refractivity (Wildman–Crippen MR) is 115 cm³/mol. The lowest BCUT2D eigenvalue weighted by Gasteiger charge is -2.33. The number of allylic oxidation sites excluding steroid dienone is 1. The fraction of sp³-hybridized carbons (Fsp3) is 0.261. The van der Waals surface area contributed by atoms with Gasteiger partial charge in [0.1, 0.15) is 6.61 Å². The number of ether oxygens (including phenoxy) is 2. The minimum atomic E-state index is -0.669. The molecule has 2 aromatic carbocycles. The summed E-state index contributed by atoms with van der Waals surface area (Å²) in [6.45, 7) is 2.09. The first-order valence-corrected chi connectivity index (χ1v) is 9.79. The van der Waals surface area contributed by atoms with E-state index in [0.717, 1.165) is 0 Å². The van der Waals surface area contributed by atoms with Crippen molar-refractivity contribution >= 4 is 23.6 Å². The Kier molecular flexibility index (Phi) is 7.04. The summed E-state index contributed by atoms with van der Waals surface area (Å²) >= 11 is 0. The predicted octanol–water partition coefficient (Wildman–Crippen LogP) is 3.10. The number of hydrogen-bond acceptors (Lipinski definition) is 5. The maximum atomic E-state index is 12.7. The van der Waals surface area contributed by atoms with Gasteiger partial charge in [-0.3, -0.25) is 4.79 Å². The molecule has 1 atom stereocenters. The van der Waals surface area contributed by atoms with E-state index in [0.29, 0.717) is 28.1 Å². The number of esters is 1. The molecule has 3 rings (SSSR count). The molecule has 0 spiro atoms. The van der Waals surface area contributed by atoms with Crippen LogP contribution in [0.1, 0.15) is 28.9 Å². The first-order valence-electron chi connectivity index (χ1n) is 9.79. The third-order valence-corrected chi connectivity index (χ3v) is 5.03. The molecule has 0 aromatic heterocycles. The maximum absolute atomic E-state index is 12.7. The highest BCUT2D eigenvalue weighted by Crippen LogP contribution is 2.31. The Bertz CT molecular complexity index is 986. The van der Waals surface area contributed by atoms with Crippen LogP contribution < -0.4 is 10.6 Å². The summed E-state index contributed by atoms with van der Waals surface area (Å²) in [4.78, 5) is 38.8. The smallest absolute Gasteiger partial charge is 0.338 e. The van der Waals surface area contributed by atoms with Crippen LogP contribution in [0, 0.1) is 0 Å². The van der Waals surface area contributed by atoms with Crippen LogP contribution in [-0.2, 0) is 14.3 Å². The monoisotopic (exact) mass is 423 g/mol. The Balaban J connectivity index is 1.81. The van der Waals surface area contributed by atoms with E-state index >= 15 is 0 Å². The summed E-state index contributed by atoms with van der Waals surface area (Å²) in [5, 5.41) is 5.66. The van der Waals surface area contributed by atoms with Crippen LogP contribution >= 0.6 is 0 Å². The van der Waals surface area contributed by atoms with Gasteiger partial charge in [-0.05, 0) is 36.8 Å². The standard InChI is InChI=1S/C23H25N3O5/c1-15-19(22(28)31-14-13-30-3)20(25-23(29)26(15)2)16-9-11-18(12-10-16)24-21(27)17-7-5-4-6-8-17/h4-12,20H,13-14H2,1-3H3,(H,24,27)(H,25,29). The zero-order valence-electron chi connectivity index (χ0n) is 17.7. The number of carbonyl (C=O) groups is 3. The van der Waals surface area contributed by atoms with Crippen molar-refractivity contribution < 1.29 is 23.9 Å². The maximum Gasteiger partial charge on any atom is 0.338 e. The summed E-state index contributed by atoms with van der Waals surface area (Å²) in [5.74, 6) is -0.744. The Labute approximate surface area is 180 Å². The molecule has 1 aliphatic heterocycles. The second-order valence-corrected chi connectivity index (χ2v) is 7.01. The quantitative estimate of drug-likeness (QED) is 0.527. The largest absolute Gasteiger partial charge is 0.460 e. The van der Waals surface area contributed by atoms with Crippen LogP contribution in [0.15, 0.2) is 65.9 Å². The number of nitrogens with zero attached hydrogens (tertiary/aromatic N) is 1. The van der Waals surface area contributed by atoms with E-state index in [1.165, 1.54) is 12.0 Å². The van der Waals surface area contributed by atoms with Crippen LogP contribution in [0.5, 0.6) is 0 Å². The average molecular weight is 423 g/mol. The molecule has 8 heteroatoms. The zero-order chi connectivity index (χ0) is 22.4. The molecular weight excluding hydrogens is 398 g/mol. The fourth-order valence-corrected chi connectivity index (χ4v) is 3.20. The van der Waals surface area contributed by atoms with E-state index in [-0.39, 0.29) is 25.2 Å². The Morgan fingerprint density at radius 2 is 1.74 bits per heavy atom. The SMILES string of the molecule is COCCOC(=O)C1=C(C)N(C)C(=O)NC1c1ccc(NC(=O)c2ccccc2)cc1. The second kappa shape index (κ2) is 9.90. The number of methoxy groups -OCH3 is 1. The van der Waals surface area contributed by atoms with Crippen LogP contribution in [-0.4, -0.2) is 50.2 Å². The van der Waals surface area contributed by atoms with Gasteiger partial charge in [0.15, 0.2) is 0 Å². The number of anilines is 1. The van der Waals surface area contributed by atoms with Gasteiger partial charge in [0.05, 0.1) is 18.2 Å². The van der Waals surface area contributed by atoms with Gasteiger partial charge in [-0.25, -0.2) is 9.59 Å². The number of urea groups is 1. The van der Waals surface area contributed by atoms with Gasteiger partial charge in [0, 0.05) is 31.1 Å². The van der Waals surface area contributed by atoms with E-state index in [9.17, 15) is 14.4 Å². The van der Waals surface area contributed by atoms with Gasteiger partial charge in [-0.2, -0.15) is 0 Å². The van der Waals surface area contributed by atoms with E-state index in [2.05, 4.69) is 10.6 Å². The summed E-state index contributed by atoms with van der Waals surface area (Å²) in [5.41, 5.74) is 2.70. The second-order valence-electron chi connectivity index (χ2n) is 7.01. The fourth-order valence-electron chi connectivity index (χ4n) is 3.20. The van der Waals surface area contributed by atoms with Crippen molar-refractivity contribution in [2.75, 3.05) is 32.7 Å². The molecule has 162 valence electrons. The van der Waals surface area contributed by atoms with Gasteiger partial charge in [-0.1, -0.05) is 30.3 Å². The molecule has 8 nitrogen and oxygen atoms in total. The minimum Gasteiger partial charge on any atom is -0.460 e. The minimum absolute atomic E-state index is 0.112. The van der Waals surface area contributed by atoms with Crippen molar-refractivity contribution in [3.05, 3.63) is 77.0 Å². The van der Waals surface area contributed by atoms with Crippen molar-refractivity contribution in [1.82, 2.24) is 10.2 Å². The summed E-state index contributed by atoms with van der Waals surface area (Å²) in [7, 11) is 3.11. The van der Waals surface area contributed by atoms with Gasteiger partial charge >= 0.3 is 12.0 Å². The number of amides is 3. The van der Waals surface area contributed by atoms with Crippen LogP contribution in [0.25, 0.3) is 0 Å². The molecule has 1 aliphatic rings. The number of carbonyl (C=O) groups excluding carboxylic acids is 3. The average Bonchev–Trinajstić information content (AvgIpc) is 2.78. The van der Waals surface area contributed by atoms with Crippen molar-refractivity contribution in [3.8, 4) is 0 Å². The third-order valence-electron chi connectivity index (χ3n) is 5.03. The molecule has 3 amide bonds. The molecule has 2 N–H and O–H groups in total. The Hall–Kier alpha value is -3.65. The number of hydrogen-bond donors (Lipinski definition) is 2. The first kappa shape index (κ1) is 22.0. The first-order chi connectivity index (χ1) is 14.9. The lowest BCUT2D eigenvalue weighted by atomic mass is 9.95. The zero-order valence-corrected chi connectivity index (χ0v) is 17.7. The lowest BCUT2D eigenvalue weighted by molar-refractivity contribution is -0.140. The van der Waals surface area contributed by atoms with Gasteiger partial charge in [-0.15, -0.1) is 0 Å². The van der Waals surface area contributed by atoms with E-state index in [4.69, 9.17) is 9.47 Å². The van der Waals surface area contributed by atoms with E-state index in [1.807, 2.05) is 6.07 Å². The third kappa shape index (κ3) is 5.10. The van der Waals surface area contributed by atoms with Gasteiger partial charge in [0.2, 0.25) is 0 Å². The van der Waals surface area contributed by atoms with Crippen LogP contribution in [0.3, 0.4) is 0 Å². The highest BCUT2D eigenvalue weighted by Gasteiger charge is 2.35. The number of benzene rings is 2. The summed E-state index contributed by atoms with van der Waals surface area (Å²) in [6, 6.07) is 14.9. The lowest BCUT2D eigenvalue weighted by Crippen LogP contribution is -2.46. The van der Waals surface area contributed by atoms with Crippen molar-refractivity contribution in [3.63, 3.8) is 0 Å². The molecule has 2 aromatic rings. The van der Waals surface area contributed by atoms with Crippen molar-refractivity contribution in [2.45, 2.75) is 13.0 Å². The van der Waals surface area contributed by atoms with Crippen molar-refractivity contribution in [1.29, 1.82) is 0 Å². The summed E-state index contributed by atoms with van der Waals surface area (Å²) < 4.78 is 10.2. The van der Waals surface area contributed by atoms with E-state index in [1.54, 1.807) is 62.5 Å². The van der Waals surface area contributed by atoms with Crippen molar-refractivity contribution in [2.24, 2.45) is 0 Å². The molecule has 1 unspecified atom stereocenters. The molecule has 0 saturated heterocycles. The Morgan fingerprint density at radius 1 is 1.06 bits per heavy atom. The number of nitrogens with one attached hydrogen (secondary N) is 2.